The topological polar surface area (TPSA) is 75.4 Å². The molecule has 0 radical (unpaired) electrons. The molecule has 0 fully saturated rings. The molecule has 132 valence electrons. The minimum absolute atomic E-state index is 0.0723. The van der Waals surface area contributed by atoms with Crippen molar-refractivity contribution in [3.05, 3.63) is 52.3 Å². The lowest BCUT2D eigenvalue weighted by Gasteiger charge is -2.29. The number of carboxylic acid groups (broad SMARTS) is 1. The first-order valence-corrected chi connectivity index (χ1v) is 8.35. The zero-order valence-electron chi connectivity index (χ0n) is 15.0. The van der Waals surface area contributed by atoms with E-state index in [1.165, 1.54) is 0 Å². The summed E-state index contributed by atoms with van der Waals surface area (Å²) in [7, 11) is 1.78. The standard InChI is InChI=1S/C19H23N3O3/c1-19(2,3)16-10-15(21(4)20-16)17(23)22-8-7-12-5-6-13(18(24)25)9-14(12)11-22/h5-6,9-10H,7-8,11H2,1-4H3,(H,24,25). The number of hydrogen-bond donors (Lipinski definition) is 1. The number of benzene rings is 1. The molecule has 1 aromatic heterocycles. The fourth-order valence-corrected chi connectivity index (χ4v) is 3.06. The second kappa shape index (κ2) is 6.02. The van der Waals surface area contributed by atoms with Gasteiger partial charge in [0.15, 0.2) is 0 Å². The molecule has 1 aliphatic heterocycles. The highest BCUT2D eigenvalue weighted by atomic mass is 16.4. The third kappa shape index (κ3) is 3.29. The summed E-state index contributed by atoms with van der Waals surface area (Å²) in [5.41, 5.74) is 3.57. The molecule has 0 unspecified atom stereocenters. The second-order valence-corrected chi connectivity index (χ2v) is 7.55. The summed E-state index contributed by atoms with van der Waals surface area (Å²) < 4.78 is 1.63. The summed E-state index contributed by atoms with van der Waals surface area (Å²) >= 11 is 0. The number of amides is 1. The van der Waals surface area contributed by atoms with Crippen LogP contribution in [0, 0.1) is 0 Å². The maximum absolute atomic E-state index is 12.9. The van der Waals surface area contributed by atoms with Crippen molar-refractivity contribution in [1.29, 1.82) is 0 Å². The van der Waals surface area contributed by atoms with Crippen LogP contribution in [0.25, 0.3) is 0 Å². The van der Waals surface area contributed by atoms with Crippen molar-refractivity contribution < 1.29 is 14.7 Å². The van der Waals surface area contributed by atoms with Crippen LogP contribution < -0.4 is 0 Å². The third-order valence-corrected chi connectivity index (χ3v) is 4.62. The summed E-state index contributed by atoms with van der Waals surface area (Å²) in [4.78, 5) is 25.9. The fraction of sp³-hybridized carbons (Fsp3) is 0.421. The zero-order chi connectivity index (χ0) is 18.4. The lowest BCUT2D eigenvalue weighted by molar-refractivity contribution is 0.0696. The third-order valence-electron chi connectivity index (χ3n) is 4.62. The summed E-state index contributed by atoms with van der Waals surface area (Å²) in [5, 5.41) is 13.6. The first kappa shape index (κ1) is 17.2. The van der Waals surface area contributed by atoms with Gasteiger partial charge in [0, 0.05) is 25.6 Å². The van der Waals surface area contributed by atoms with Crippen molar-refractivity contribution in [2.24, 2.45) is 7.05 Å². The Bertz CT molecular complexity index is 846. The van der Waals surface area contributed by atoms with E-state index in [9.17, 15) is 9.59 Å². The van der Waals surface area contributed by atoms with E-state index in [2.05, 4.69) is 25.9 Å². The summed E-state index contributed by atoms with van der Waals surface area (Å²) in [6, 6.07) is 6.99. The molecule has 0 spiro atoms. The highest BCUT2D eigenvalue weighted by Gasteiger charge is 2.27. The van der Waals surface area contributed by atoms with E-state index in [0.717, 1.165) is 23.2 Å². The van der Waals surface area contributed by atoms with Gasteiger partial charge in [0.1, 0.15) is 5.69 Å². The Morgan fingerprint density at radius 2 is 1.88 bits per heavy atom. The van der Waals surface area contributed by atoms with Crippen LogP contribution in [0.15, 0.2) is 24.3 Å². The lowest BCUT2D eigenvalue weighted by Crippen LogP contribution is -2.37. The van der Waals surface area contributed by atoms with Gasteiger partial charge in [-0.2, -0.15) is 5.10 Å². The van der Waals surface area contributed by atoms with Crippen LogP contribution in [-0.4, -0.2) is 38.2 Å². The van der Waals surface area contributed by atoms with Crippen molar-refractivity contribution in [2.75, 3.05) is 6.54 Å². The highest BCUT2D eigenvalue weighted by molar-refractivity contribution is 5.93. The Kier molecular flexibility index (Phi) is 4.14. The molecule has 1 aliphatic rings. The Morgan fingerprint density at radius 3 is 2.48 bits per heavy atom. The minimum atomic E-state index is -0.951. The SMILES string of the molecule is Cn1nc(C(C)(C)C)cc1C(=O)N1CCc2ccc(C(=O)O)cc2C1. The molecule has 0 saturated carbocycles. The molecule has 0 atom stereocenters. The molecular weight excluding hydrogens is 318 g/mol. The molecular formula is C19H23N3O3. The number of aromatic carboxylic acids is 1. The Labute approximate surface area is 147 Å². The van der Waals surface area contributed by atoms with E-state index in [0.29, 0.717) is 18.8 Å². The van der Waals surface area contributed by atoms with E-state index < -0.39 is 5.97 Å². The monoisotopic (exact) mass is 341 g/mol. The average molecular weight is 341 g/mol. The number of nitrogens with zero attached hydrogens (tertiary/aromatic N) is 3. The van der Waals surface area contributed by atoms with Crippen LogP contribution in [0.2, 0.25) is 0 Å². The molecule has 6 heteroatoms. The van der Waals surface area contributed by atoms with E-state index in [-0.39, 0.29) is 16.9 Å². The number of carbonyl (C=O) groups excluding carboxylic acids is 1. The van der Waals surface area contributed by atoms with E-state index >= 15 is 0 Å². The second-order valence-electron chi connectivity index (χ2n) is 7.55. The van der Waals surface area contributed by atoms with Gasteiger partial charge in [-0.05, 0) is 35.7 Å². The molecule has 0 bridgehead atoms. The number of aromatic nitrogens is 2. The van der Waals surface area contributed by atoms with Gasteiger partial charge in [-0.15, -0.1) is 0 Å². The zero-order valence-corrected chi connectivity index (χ0v) is 15.0. The highest BCUT2D eigenvalue weighted by Crippen LogP contribution is 2.25. The molecule has 25 heavy (non-hydrogen) atoms. The van der Waals surface area contributed by atoms with Crippen molar-refractivity contribution in [3.63, 3.8) is 0 Å². The molecule has 2 aromatic rings. The molecule has 0 aliphatic carbocycles. The van der Waals surface area contributed by atoms with Gasteiger partial charge in [-0.3, -0.25) is 9.48 Å². The molecule has 6 nitrogen and oxygen atoms in total. The van der Waals surface area contributed by atoms with Crippen LogP contribution in [0.3, 0.4) is 0 Å². The van der Waals surface area contributed by atoms with Crippen LogP contribution in [-0.2, 0) is 25.4 Å². The largest absolute Gasteiger partial charge is 0.478 e. The van der Waals surface area contributed by atoms with Gasteiger partial charge >= 0.3 is 5.97 Å². The number of rotatable bonds is 2. The van der Waals surface area contributed by atoms with E-state index in [4.69, 9.17) is 5.11 Å². The number of hydrogen-bond acceptors (Lipinski definition) is 3. The van der Waals surface area contributed by atoms with Crippen molar-refractivity contribution >= 4 is 11.9 Å². The van der Waals surface area contributed by atoms with Crippen molar-refractivity contribution in [3.8, 4) is 0 Å². The van der Waals surface area contributed by atoms with Gasteiger partial charge in [-0.25, -0.2) is 4.79 Å². The van der Waals surface area contributed by atoms with Crippen LogP contribution >= 0.6 is 0 Å². The Balaban J connectivity index is 1.86. The number of carboxylic acids is 1. The summed E-state index contributed by atoms with van der Waals surface area (Å²) in [6.45, 7) is 7.23. The van der Waals surface area contributed by atoms with Gasteiger partial charge in [-0.1, -0.05) is 26.8 Å². The van der Waals surface area contributed by atoms with Gasteiger partial charge < -0.3 is 10.0 Å². The van der Waals surface area contributed by atoms with Crippen LogP contribution in [0.1, 0.15) is 58.4 Å². The van der Waals surface area contributed by atoms with E-state index in [1.54, 1.807) is 28.8 Å². The quantitative estimate of drug-likeness (QED) is 0.911. The summed E-state index contributed by atoms with van der Waals surface area (Å²) in [5.74, 6) is -1.02. The predicted molar refractivity (Wildman–Crippen MR) is 93.8 cm³/mol. The first-order chi connectivity index (χ1) is 11.7. The molecule has 1 N–H and O–H groups in total. The molecule has 3 rings (SSSR count). The maximum atomic E-state index is 12.9. The van der Waals surface area contributed by atoms with Gasteiger partial charge in [0.05, 0.1) is 11.3 Å². The van der Waals surface area contributed by atoms with Crippen molar-refractivity contribution in [2.45, 2.75) is 39.2 Å². The smallest absolute Gasteiger partial charge is 0.335 e. The van der Waals surface area contributed by atoms with E-state index in [1.807, 2.05) is 12.1 Å². The average Bonchev–Trinajstić information content (AvgIpc) is 2.95. The number of aryl methyl sites for hydroxylation is 1. The number of fused-ring (bicyclic) bond motifs is 1. The molecule has 1 aromatic carbocycles. The summed E-state index contributed by atoms with van der Waals surface area (Å²) in [6.07, 6.45) is 0.727. The van der Waals surface area contributed by atoms with Crippen LogP contribution in [0.5, 0.6) is 0 Å². The predicted octanol–water partition coefficient (Wildman–Crippen LogP) is 2.61. The maximum Gasteiger partial charge on any atom is 0.335 e. The normalized spacial score (nSPS) is 14.3. The van der Waals surface area contributed by atoms with Gasteiger partial charge in [0.2, 0.25) is 0 Å². The number of carbonyl (C=O) groups is 2. The van der Waals surface area contributed by atoms with Gasteiger partial charge in [0.25, 0.3) is 5.91 Å². The Morgan fingerprint density at radius 1 is 1.16 bits per heavy atom. The van der Waals surface area contributed by atoms with Crippen LogP contribution in [0.4, 0.5) is 0 Å². The molecule has 1 amide bonds. The fourth-order valence-electron chi connectivity index (χ4n) is 3.06. The molecule has 2 heterocycles. The van der Waals surface area contributed by atoms with Crippen molar-refractivity contribution in [1.82, 2.24) is 14.7 Å². The minimum Gasteiger partial charge on any atom is -0.478 e. The first-order valence-electron chi connectivity index (χ1n) is 8.35. The molecule has 0 saturated heterocycles. The Hall–Kier alpha value is -2.63. The lowest BCUT2D eigenvalue weighted by atomic mass is 9.92.